The SMILES string of the molecule is C[N+]1(CCCCCOc2ccc(C(=C3C4CC5CC(C4)CC3C5)c3ccc(OCCCCC[N+]4(C)CCCCCC4)cc3)cc2)CCCCCC1. The molecule has 2 aromatic rings. The third-order valence-corrected chi connectivity index (χ3v) is 14.1. The summed E-state index contributed by atoms with van der Waals surface area (Å²) in [6.45, 7) is 9.82. The first-order valence-electron chi connectivity index (χ1n) is 21.8. The van der Waals surface area contributed by atoms with Crippen molar-refractivity contribution in [2.45, 2.75) is 122 Å². The maximum absolute atomic E-state index is 6.30. The van der Waals surface area contributed by atoms with Gasteiger partial charge in [-0.05, 0) is 187 Å². The van der Waals surface area contributed by atoms with Gasteiger partial charge in [0.2, 0.25) is 0 Å². The van der Waals surface area contributed by atoms with E-state index < -0.39 is 0 Å². The highest BCUT2D eigenvalue weighted by molar-refractivity contribution is 5.83. The third-order valence-electron chi connectivity index (χ3n) is 14.1. The van der Waals surface area contributed by atoms with Gasteiger partial charge in [0.1, 0.15) is 11.5 Å². The summed E-state index contributed by atoms with van der Waals surface area (Å²) in [5.74, 6) is 5.50. The molecule has 0 unspecified atom stereocenters. The Kier molecular flexibility index (Phi) is 12.8. The molecular formula is C47H72N2O2+2. The minimum absolute atomic E-state index is 0.765. The van der Waals surface area contributed by atoms with Gasteiger partial charge in [0.15, 0.2) is 0 Å². The normalized spacial score (nSPS) is 26.7. The van der Waals surface area contributed by atoms with Crippen LogP contribution < -0.4 is 9.47 Å². The maximum atomic E-state index is 6.30. The van der Waals surface area contributed by atoms with Gasteiger partial charge in [-0.3, -0.25) is 0 Å². The van der Waals surface area contributed by atoms with Crippen LogP contribution in [0.4, 0.5) is 0 Å². The lowest BCUT2D eigenvalue weighted by Crippen LogP contribution is -2.45. The lowest BCUT2D eigenvalue weighted by Gasteiger charge is -2.52. The number of likely N-dealkylation sites (tertiary alicyclic amines) is 2. The molecular weight excluding hydrogens is 625 g/mol. The lowest BCUT2D eigenvalue weighted by molar-refractivity contribution is -0.909. The Morgan fingerprint density at radius 1 is 0.490 bits per heavy atom. The maximum Gasteiger partial charge on any atom is 0.119 e. The highest BCUT2D eigenvalue weighted by atomic mass is 16.5. The van der Waals surface area contributed by atoms with Gasteiger partial charge in [-0.25, -0.2) is 0 Å². The zero-order valence-corrected chi connectivity index (χ0v) is 32.7. The smallest absolute Gasteiger partial charge is 0.119 e. The first-order valence-corrected chi connectivity index (χ1v) is 21.8. The fourth-order valence-electron chi connectivity index (χ4n) is 11.3. The molecule has 51 heavy (non-hydrogen) atoms. The molecule has 4 aliphatic carbocycles. The van der Waals surface area contributed by atoms with Gasteiger partial charge in [0.05, 0.1) is 66.6 Å². The second-order valence-electron chi connectivity index (χ2n) is 18.4. The molecule has 2 aliphatic heterocycles. The molecule has 4 saturated carbocycles. The van der Waals surface area contributed by atoms with Crippen molar-refractivity contribution in [3.8, 4) is 11.5 Å². The van der Waals surface area contributed by atoms with Gasteiger partial charge in [-0.15, -0.1) is 0 Å². The van der Waals surface area contributed by atoms with E-state index in [2.05, 4.69) is 62.6 Å². The second kappa shape index (κ2) is 17.7. The zero-order valence-electron chi connectivity index (χ0n) is 32.7. The predicted octanol–water partition coefficient (Wildman–Crippen LogP) is 11.1. The van der Waals surface area contributed by atoms with Crippen molar-refractivity contribution < 1.29 is 18.4 Å². The van der Waals surface area contributed by atoms with Crippen LogP contribution in [0, 0.1) is 23.7 Å². The molecule has 2 aromatic carbocycles. The molecule has 280 valence electrons. The van der Waals surface area contributed by atoms with Gasteiger partial charge in [-0.2, -0.15) is 0 Å². The number of quaternary nitrogens is 2. The van der Waals surface area contributed by atoms with Gasteiger partial charge in [-0.1, -0.05) is 29.8 Å². The Balaban J connectivity index is 0.936. The van der Waals surface area contributed by atoms with Crippen LogP contribution in [0.2, 0.25) is 0 Å². The molecule has 2 heterocycles. The van der Waals surface area contributed by atoms with Crippen LogP contribution in [0.25, 0.3) is 5.57 Å². The van der Waals surface area contributed by atoms with Crippen LogP contribution in [0.3, 0.4) is 0 Å². The molecule has 0 N–H and O–H groups in total. The van der Waals surface area contributed by atoms with E-state index in [0.29, 0.717) is 0 Å². The summed E-state index contributed by atoms with van der Waals surface area (Å²) in [5, 5.41) is 0. The Hall–Kier alpha value is -2.30. The summed E-state index contributed by atoms with van der Waals surface area (Å²) in [6, 6.07) is 18.4. The molecule has 6 aliphatic rings. The van der Waals surface area contributed by atoms with Crippen LogP contribution in [0.15, 0.2) is 54.1 Å². The summed E-state index contributed by atoms with van der Waals surface area (Å²) < 4.78 is 15.2. The van der Waals surface area contributed by atoms with Crippen LogP contribution >= 0.6 is 0 Å². The van der Waals surface area contributed by atoms with Crippen molar-refractivity contribution in [2.24, 2.45) is 23.7 Å². The van der Waals surface area contributed by atoms with Gasteiger partial charge in [0.25, 0.3) is 0 Å². The minimum Gasteiger partial charge on any atom is -0.494 e. The van der Waals surface area contributed by atoms with Crippen molar-refractivity contribution in [1.29, 1.82) is 0 Å². The molecule has 0 amide bonds. The summed E-state index contributed by atoms with van der Waals surface area (Å²) in [7, 11) is 4.97. The number of hydrogen-bond acceptors (Lipinski definition) is 2. The van der Waals surface area contributed by atoms with Gasteiger partial charge in [0, 0.05) is 0 Å². The average Bonchev–Trinajstić information content (AvgIpc) is 3.49. The Bertz CT molecular complexity index is 1260. The molecule has 8 rings (SSSR count). The van der Waals surface area contributed by atoms with E-state index in [1.807, 2.05) is 0 Å². The molecule has 6 fully saturated rings. The Morgan fingerprint density at radius 2 is 0.882 bits per heavy atom. The standard InChI is InChI=1S/C47H72N2O2/c1-48(25-9-3-4-10-26-48)29-13-7-15-31-50-44-21-17-40(18-22-44)46(47-42-34-38-33-39(36-42)37-43(47)35-38)41-19-23-45(24-20-41)51-32-16-8-14-30-49(2)27-11-5-6-12-28-49/h17-24,38-39,42-43H,3-16,25-37H2,1-2H3/q+2. The molecule has 4 bridgehead atoms. The van der Waals surface area contributed by atoms with Crippen molar-refractivity contribution >= 4 is 5.57 Å². The topological polar surface area (TPSA) is 18.5 Å². The Morgan fingerprint density at radius 3 is 1.27 bits per heavy atom. The van der Waals surface area contributed by atoms with E-state index in [1.165, 1.54) is 174 Å². The first-order chi connectivity index (χ1) is 25.0. The van der Waals surface area contributed by atoms with E-state index >= 15 is 0 Å². The molecule has 4 nitrogen and oxygen atoms in total. The average molecular weight is 697 g/mol. The summed E-state index contributed by atoms with van der Waals surface area (Å²) in [5.41, 5.74) is 6.02. The monoisotopic (exact) mass is 697 g/mol. The van der Waals surface area contributed by atoms with Crippen LogP contribution in [0.5, 0.6) is 11.5 Å². The summed E-state index contributed by atoms with van der Waals surface area (Å²) in [4.78, 5) is 0. The van der Waals surface area contributed by atoms with E-state index in [4.69, 9.17) is 9.47 Å². The number of benzene rings is 2. The summed E-state index contributed by atoms with van der Waals surface area (Å²) >= 11 is 0. The quantitative estimate of drug-likeness (QED) is 0.128. The molecule has 4 heteroatoms. The molecule has 0 atom stereocenters. The number of allylic oxidation sites excluding steroid dienone is 1. The second-order valence-corrected chi connectivity index (χ2v) is 18.4. The number of ether oxygens (including phenoxy) is 2. The molecule has 0 aromatic heterocycles. The van der Waals surface area contributed by atoms with Crippen molar-refractivity contribution in [2.75, 3.05) is 66.6 Å². The van der Waals surface area contributed by atoms with Gasteiger partial charge < -0.3 is 18.4 Å². The van der Waals surface area contributed by atoms with E-state index in [-0.39, 0.29) is 0 Å². The number of hydrogen-bond donors (Lipinski definition) is 0. The van der Waals surface area contributed by atoms with Gasteiger partial charge >= 0.3 is 0 Å². The predicted molar refractivity (Wildman–Crippen MR) is 213 cm³/mol. The molecule has 0 spiro atoms. The lowest BCUT2D eigenvalue weighted by atomic mass is 9.53. The van der Waals surface area contributed by atoms with Crippen molar-refractivity contribution in [3.63, 3.8) is 0 Å². The van der Waals surface area contributed by atoms with Crippen LogP contribution in [-0.2, 0) is 0 Å². The van der Waals surface area contributed by atoms with E-state index in [0.717, 1.165) is 61.2 Å². The van der Waals surface area contributed by atoms with Crippen molar-refractivity contribution in [3.05, 3.63) is 65.2 Å². The number of rotatable bonds is 16. The first kappa shape index (κ1) is 37.0. The van der Waals surface area contributed by atoms with Crippen LogP contribution in [-0.4, -0.2) is 75.5 Å². The largest absolute Gasteiger partial charge is 0.494 e. The van der Waals surface area contributed by atoms with E-state index in [1.54, 1.807) is 5.57 Å². The fourth-order valence-corrected chi connectivity index (χ4v) is 11.3. The highest BCUT2D eigenvalue weighted by Crippen LogP contribution is 2.58. The highest BCUT2D eigenvalue weighted by Gasteiger charge is 2.46. The van der Waals surface area contributed by atoms with Crippen LogP contribution in [0.1, 0.15) is 133 Å². The molecule has 0 radical (unpaired) electrons. The third kappa shape index (κ3) is 10.0. The fraction of sp³-hybridized carbons (Fsp3) is 0.702. The Labute approximate surface area is 312 Å². The van der Waals surface area contributed by atoms with E-state index in [9.17, 15) is 0 Å². The number of unbranched alkanes of at least 4 members (excludes halogenated alkanes) is 4. The molecule has 2 saturated heterocycles. The number of nitrogens with zero attached hydrogens (tertiary/aromatic N) is 2. The zero-order chi connectivity index (χ0) is 34.9. The summed E-state index contributed by atoms with van der Waals surface area (Å²) in [6.07, 6.45) is 26.0. The van der Waals surface area contributed by atoms with Crippen molar-refractivity contribution in [1.82, 2.24) is 0 Å². The minimum atomic E-state index is 0.765.